The van der Waals surface area contributed by atoms with Gasteiger partial charge in [0.2, 0.25) is 0 Å². The Morgan fingerprint density at radius 2 is 1.96 bits per heavy atom. The van der Waals surface area contributed by atoms with E-state index in [-0.39, 0.29) is 5.63 Å². The first-order valence-electron chi connectivity index (χ1n) is 7.48. The molecule has 0 aliphatic carbocycles. The standard InChI is InChI=1S/C17H18N4O2S/c1-9-7-15(22)23-14-8-12(5-6-13(9)14)18-17(24)19-16-10(2)20-21(4)11(16)3/h5-8H,1-4H3,(H2,18,19,24). The van der Waals surface area contributed by atoms with Gasteiger partial charge in [0.1, 0.15) is 5.58 Å². The van der Waals surface area contributed by atoms with E-state index in [9.17, 15) is 4.79 Å². The third kappa shape index (κ3) is 3.03. The lowest BCUT2D eigenvalue weighted by Gasteiger charge is -2.11. The number of nitrogens with zero attached hydrogens (tertiary/aromatic N) is 2. The number of fused-ring (bicyclic) bond motifs is 1. The molecule has 0 bridgehead atoms. The molecule has 24 heavy (non-hydrogen) atoms. The van der Waals surface area contributed by atoms with E-state index in [1.807, 2.05) is 40.0 Å². The predicted octanol–water partition coefficient (Wildman–Crippen LogP) is 3.26. The van der Waals surface area contributed by atoms with Gasteiger partial charge in [0, 0.05) is 30.3 Å². The molecule has 1 aromatic carbocycles. The maximum atomic E-state index is 11.5. The molecule has 0 radical (unpaired) electrons. The van der Waals surface area contributed by atoms with Crippen molar-refractivity contribution in [3.05, 3.63) is 51.6 Å². The Hall–Kier alpha value is -2.67. The van der Waals surface area contributed by atoms with E-state index in [2.05, 4.69) is 15.7 Å². The zero-order chi connectivity index (χ0) is 17.4. The molecule has 0 spiro atoms. The quantitative estimate of drug-likeness (QED) is 0.550. The number of anilines is 2. The van der Waals surface area contributed by atoms with Gasteiger partial charge in [-0.1, -0.05) is 0 Å². The van der Waals surface area contributed by atoms with Crippen LogP contribution < -0.4 is 16.3 Å². The smallest absolute Gasteiger partial charge is 0.336 e. The Morgan fingerprint density at radius 1 is 1.21 bits per heavy atom. The molecule has 0 saturated heterocycles. The third-order valence-corrected chi connectivity index (χ3v) is 4.16. The highest BCUT2D eigenvalue weighted by atomic mass is 32.1. The molecule has 0 fully saturated rings. The Morgan fingerprint density at radius 3 is 2.62 bits per heavy atom. The summed E-state index contributed by atoms with van der Waals surface area (Å²) in [6, 6.07) is 7.04. The molecule has 2 N–H and O–H groups in total. The molecular formula is C17H18N4O2S. The molecule has 124 valence electrons. The molecule has 0 unspecified atom stereocenters. The van der Waals surface area contributed by atoms with Crippen molar-refractivity contribution in [3.8, 4) is 0 Å². The number of aromatic nitrogens is 2. The van der Waals surface area contributed by atoms with Gasteiger partial charge < -0.3 is 15.1 Å². The predicted molar refractivity (Wildman–Crippen MR) is 99.7 cm³/mol. The van der Waals surface area contributed by atoms with E-state index in [0.717, 1.165) is 33.7 Å². The summed E-state index contributed by atoms with van der Waals surface area (Å²) in [4.78, 5) is 11.5. The fourth-order valence-electron chi connectivity index (χ4n) is 2.63. The lowest BCUT2D eigenvalue weighted by Crippen LogP contribution is -2.20. The Labute approximate surface area is 144 Å². The van der Waals surface area contributed by atoms with Gasteiger partial charge in [0.25, 0.3) is 0 Å². The molecule has 3 aromatic rings. The normalized spacial score (nSPS) is 10.8. The molecule has 7 heteroatoms. The average Bonchev–Trinajstić information content (AvgIpc) is 2.73. The van der Waals surface area contributed by atoms with Crippen molar-refractivity contribution >= 4 is 39.7 Å². The summed E-state index contributed by atoms with van der Waals surface area (Å²) < 4.78 is 7.05. The van der Waals surface area contributed by atoms with Crippen LogP contribution in [0, 0.1) is 20.8 Å². The van der Waals surface area contributed by atoms with Crippen molar-refractivity contribution in [1.29, 1.82) is 0 Å². The van der Waals surface area contributed by atoms with Crippen LogP contribution in [-0.4, -0.2) is 14.9 Å². The van der Waals surface area contributed by atoms with Crippen LogP contribution in [0.4, 0.5) is 11.4 Å². The summed E-state index contributed by atoms with van der Waals surface area (Å²) in [6.07, 6.45) is 0. The van der Waals surface area contributed by atoms with Gasteiger partial charge in [-0.15, -0.1) is 0 Å². The van der Waals surface area contributed by atoms with Gasteiger partial charge >= 0.3 is 5.63 Å². The first kappa shape index (κ1) is 16.2. The maximum absolute atomic E-state index is 11.5. The zero-order valence-electron chi connectivity index (χ0n) is 13.9. The summed E-state index contributed by atoms with van der Waals surface area (Å²) in [5, 5.41) is 12.0. The van der Waals surface area contributed by atoms with Crippen LogP contribution in [0.3, 0.4) is 0 Å². The zero-order valence-corrected chi connectivity index (χ0v) is 14.7. The van der Waals surface area contributed by atoms with E-state index in [0.29, 0.717) is 10.7 Å². The number of nitrogens with one attached hydrogen (secondary N) is 2. The molecule has 3 rings (SSSR count). The second kappa shape index (κ2) is 6.09. The first-order chi connectivity index (χ1) is 11.3. The number of hydrogen-bond donors (Lipinski definition) is 2. The molecule has 0 aliphatic rings. The summed E-state index contributed by atoms with van der Waals surface area (Å²) in [6.45, 7) is 5.77. The molecule has 0 atom stereocenters. The fraction of sp³-hybridized carbons (Fsp3) is 0.235. The van der Waals surface area contributed by atoms with Crippen LogP contribution in [0.25, 0.3) is 11.0 Å². The molecule has 2 aromatic heterocycles. The third-order valence-electron chi connectivity index (χ3n) is 3.96. The summed E-state index contributed by atoms with van der Waals surface area (Å²) >= 11 is 5.37. The molecule has 0 amide bonds. The van der Waals surface area contributed by atoms with Gasteiger partial charge in [-0.2, -0.15) is 5.10 Å². The van der Waals surface area contributed by atoms with Gasteiger partial charge in [-0.25, -0.2) is 4.79 Å². The fourth-order valence-corrected chi connectivity index (χ4v) is 2.85. The van der Waals surface area contributed by atoms with Gasteiger partial charge in [-0.3, -0.25) is 4.68 Å². The highest BCUT2D eigenvalue weighted by molar-refractivity contribution is 7.80. The average molecular weight is 342 g/mol. The minimum absolute atomic E-state index is 0.362. The van der Waals surface area contributed by atoms with Crippen molar-refractivity contribution in [2.24, 2.45) is 7.05 Å². The summed E-state index contributed by atoms with van der Waals surface area (Å²) in [5.74, 6) is 0. The second-order valence-corrected chi connectivity index (χ2v) is 6.12. The van der Waals surface area contributed by atoms with Gasteiger partial charge in [-0.05, 0) is 50.7 Å². The van der Waals surface area contributed by atoms with Gasteiger partial charge in [0.05, 0.1) is 17.1 Å². The molecule has 0 aliphatic heterocycles. The van der Waals surface area contributed by atoms with Crippen LogP contribution in [0.2, 0.25) is 0 Å². The van der Waals surface area contributed by atoms with E-state index in [1.54, 1.807) is 10.7 Å². The lowest BCUT2D eigenvalue weighted by molar-refractivity contribution is 0.560. The maximum Gasteiger partial charge on any atom is 0.336 e. The van der Waals surface area contributed by atoms with Crippen molar-refractivity contribution in [1.82, 2.24) is 9.78 Å². The topological polar surface area (TPSA) is 72.1 Å². The van der Waals surface area contributed by atoms with Crippen LogP contribution >= 0.6 is 12.2 Å². The number of rotatable bonds is 2. The monoisotopic (exact) mass is 342 g/mol. The van der Waals surface area contributed by atoms with E-state index in [1.165, 1.54) is 6.07 Å². The van der Waals surface area contributed by atoms with E-state index < -0.39 is 0 Å². The number of benzene rings is 1. The number of aryl methyl sites for hydroxylation is 3. The number of hydrogen-bond acceptors (Lipinski definition) is 4. The van der Waals surface area contributed by atoms with E-state index >= 15 is 0 Å². The summed E-state index contributed by atoms with van der Waals surface area (Å²) in [7, 11) is 1.89. The molecule has 2 heterocycles. The minimum atomic E-state index is -0.362. The summed E-state index contributed by atoms with van der Waals surface area (Å²) in [5.41, 5.74) is 4.55. The van der Waals surface area contributed by atoms with Crippen molar-refractivity contribution < 1.29 is 4.42 Å². The highest BCUT2D eigenvalue weighted by Gasteiger charge is 2.11. The molecule has 6 nitrogen and oxygen atoms in total. The van der Waals surface area contributed by atoms with Crippen LogP contribution in [0.15, 0.2) is 33.5 Å². The SMILES string of the molecule is Cc1nn(C)c(C)c1NC(=S)Nc1ccc2c(C)cc(=O)oc2c1. The van der Waals surface area contributed by atoms with E-state index in [4.69, 9.17) is 16.6 Å². The molecular weight excluding hydrogens is 324 g/mol. The van der Waals surface area contributed by atoms with Crippen molar-refractivity contribution in [2.75, 3.05) is 10.6 Å². The Balaban J connectivity index is 1.84. The van der Waals surface area contributed by atoms with Crippen LogP contribution in [0.5, 0.6) is 0 Å². The highest BCUT2D eigenvalue weighted by Crippen LogP contribution is 2.22. The largest absolute Gasteiger partial charge is 0.423 e. The Bertz CT molecular complexity index is 1000. The minimum Gasteiger partial charge on any atom is -0.423 e. The van der Waals surface area contributed by atoms with Crippen molar-refractivity contribution in [3.63, 3.8) is 0 Å². The Kier molecular flexibility index (Phi) is 4.11. The first-order valence-corrected chi connectivity index (χ1v) is 7.88. The second-order valence-electron chi connectivity index (χ2n) is 5.71. The number of thiocarbonyl (C=S) groups is 1. The van der Waals surface area contributed by atoms with Gasteiger partial charge in [0.15, 0.2) is 5.11 Å². The van der Waals surface area contributed by atoms with Crippen molar-refractivity contribution in [2.45, 2.75) is 20.8 Å². The van der Waals surface area contributed by atoms with Crippen LogP contribution in [0.1, 0.15) is 17.0 Å². The lowest BCUT2D eigenvalue weighted by atomic mass is 10.1. The van der Waals surface area contributed by atoms with Crippen LogP contribution in [-0.2, 0) is 7.05 Å². The molecule has 0 saturated carbocycles.